The summed E-state index contributed by atoms with van der Waals surface area (Å²) in [6, 6.07) is 15.6. The van der Waals surface area contributed by atoms with Crippen molar-refractivity contribution in [3.63, 3.8) is 0 Å². The van der Waals surface area contributed by atoms with Crippen LogP contribution in [0, 0.1) is 3.57 Å². The SMILES string of the molecule is C=CC(=O)CC(c1cccc(C(F)(F)F)c1)C(F)(F)F.C=CC(=O)Cl.CC(C)N.CC(C)NC(=O)c1ccc(/C=C/C(=O)CC(c2cccc(C(F)(F)F)c2)C(F)(F)F)cc1C(F)(F)F.NC(c1cccc(C(F)(F)F)c1)C(F)(F)F.O=C(/C=C/c1ccc(C(=O)O)c(C(F)(F)F)c1)CC(c1cccc(C(F)(F)F)c1)C(F)(F)F.O=C(O)c1ccc(I)cc1C(F)(F)F. The first kappa shape index (κ1) is 115. The highest BCUT2D eigenvalue weighted by Crippen LogP contribution is 2.45. The Kier molecular flexibility index (Phi) is 42.8. The fourth-order valence-corrected chi connectivity index (χ4v) is 10.3. The predicted molar refractivity (Wildman–Crippen MR) is 406 cm³/mol. The monoisotopic (exact) mass is 2010 g/mol. The van der Waals surface area contributed by atoms with E-state index in [2.05, 4.69) is 18.5 Å². The van der Waals surface area contributed by atoms with E-state index in [1.54, 1.807) is 36.4 Å². The third kappa shape index (κ3) is 40.7. The number of alkyl halides is 33. The Morgan fingerprint density at radius 3 is 0.898 bits per heavy atom. The number of rotatable bonds is 20. The van der Waals surface area contributed by atoms with Crippen LogP contribution in [0.2, 0.25) is 0 Å². The van der Waals surface area contributed by atoms with Gasteiger partial charge in [0.2, 0.25) is 5.24 Å². The van der Waals surface area contributed by atoms with Gasteiger partial charge in [-0.25, -0.2) is 9.59 Å². The molecule has 7 aromatic carbocycles. The van der Waals surface area contributed by atoms with Gasteiger partial charge in [-0.3, -0.25) is 24.0 Å². The van der Waals surface area contributed by atoms with Gasteiger partial charge in [0.1, 0.15) is 6.04 Å². The van der Waals surface area contributed by atoms with Crippen molar-refractivity contribution in [2.45, 2.75) is 151 Å². The van der Waals surface area contributed by atoms with E-state index in [4.69, 9.17) is 33.3 Å². The number of halogens is 35. The van der Waals surface area contributed by atoms with E-state index in [1.165, 1.54) is 6.07 Å². The minimum Gasteiger partial charge on any atom is -0.478 e. The van der Waals surface area contributed by atoms with Crippen LogP contribution < -0.4 is 16.8 Å². The zero-order valence-electron chi connectivity index (χ0n) is 65.0. The summed E-state index contributed by atoms with van der Waals surface area (Å²) in [6.45, 7) is 13.1. The molecule has 47 heteroatoms. The first-order chi connectivity index (χ1) is 57.9. The number of amides is 1. The third-order valence-electron chi connectivity index (χ3n) is 15.6. The van der Waals surface area contributed by atoms with Crippen molar-refractivity contribution in [1.82, 2.24) is 5.32 Å². The lowest BCUT2D eigenvalue weighted by Gasteiger charge is -2.20. The Balaban J connectivity index is 0.000000811. The standard InChI is InChI=1S/C24H20F9NO2.C21H13F9O3.C13H10F6O.C9H7F6N.C8H4F3IO2.C3H3ClO.C3H9N/c1-13(2)34-21(36)18-9-7-14(10-20(18)24(31,32)33)6-8-17(35)12-19(23(28,29)30)15-4-3-5-16(11-15)22(25,26)27;22-19(23,24)13-3-1-2-12(9-13)16(20(25,26)27)10-14(31)6-4-11-5-7-15(18(32)33)17(8-11)21(28,29)30;1-2-10(20)7-11(13(17,18)19)8-4-3-5-9(6-8)12(14,15)16;10-8(11,12)6-3-1-2-5(4-6)7(16)9(13,14)15;9-8(10,11)6-3-4(12)1-2-5(6)7(13)14;1-2-3(4)5;1-3(2)4/h3-11,13,19H,12H2,1-2H3,(H,34,36);1-9,16H,10H2,(H,32,33);2-6,11H,1,7H2;1-4,7H,16H2;1-3H,(H,13,14);2H,1H2;3H,4H2,1-2H3/b8-6+;6-4+;;;;;. The molecule has 7 aromatic rings. The molecule has 1 amide bonds. The highest BCUT2D eigenvalue weighted by Gasteiger charge is 2.47. The zero-order chi connectivity index (χ0) is 99.6. The average molecular weight is 2010 g/mol. The van der Waals surface area contributed by atoms with Crippen LogP contribution in [0.1, 0.15) is 174 Å². The van der Waals surface area contributed by atoms with Crippen molar-refractivity contribution in [2.75, 3.05) is 0 Å². The number of hydrogen-bond donors (Lipinski definition) is 5. The first-order valence-electron chi connectivity index (χ1n) is 34.8. The molecule has 0 fully saturated rings. The molecule has 0 heterocycles. The Morgan fingerprint density at radius 1 is 0.375 bits per heavy atom. The number of carbonyl (C=O) groups is 7. The van der Waals surface area contributed by atoms with Gasteiger partial charge in [-0.2, -0.15) is 145 Å². The van der Waals surface area contributed by atoms with Gasteiger partial charge in [-0.05, 0) is 185 Å². The van der Waals surface area contributed by atoms with Gasteiger partial charge in [-0.1, -0.05) is 118 Å². The minimum absolute atomic E-state index is 0.223. The van der Waals surface area contributed by atoms with Crippen molar-refractivity contribution >= 4 is 86.8 Å². The number of ketones is 3. The normalized spacial score (nSPS) is 13.3. The summed E-state index contributed by atoms with van der Waals surface area (Å²) in [7, 11) is 0. The number of aromatic carboxylic acids is 2. The molecule has 12 nitrogen and oxygen atoms in total. The number of hydrogen-bond acceptors (Lipinski definition) is 9. The molecule has 7 N–H and O–H groups in total. The van der Waals surface area contributed by atoms with Gasteiger partial charge in [-0.15, -0.1) is 0 Å². The summed E-state index contributed by atoms with van der Waals surface area (Å²) < 4.78 is 424. The van der Waals surface area contributed by atoms with Crippen LogP contribution in [0.3, 0.4) is 0 Å². The minimum atomic E-state index is -5.08. The molecule has 0 saturated carbocycles. The molecule has 0 aliphatic rings. The van der Waals surface area contributed by atoms with Gasteiger partial charge in [0.05, 0.1) is 73.4 Å². The predicted octanol–water partition coefficient (Wildman–Crippen LogP) is 26.0. The molecule has 4 unspecified atom stereocenters. The van der Waals surface area contributed by atoms with Gasteiger partial charge in [0.15, 0.2) is 17.3 Å². The first-order valence-corrected chi connectivity index (χ1v) is 36.3. The van der Waals surface area contributed by atoms with Crippen molar-refractivity contribution < 1.29 is 189 Å². The van der Waals surface area contributed by atoms with Crippen LogP contribution >= 0.6 is 34.2 Å². The molecular formula is C81H66ClF33IN3O9. The lowest BCUT2D eigenvalue weighted by atomic mass is 9.91. The smallest absolute Gasteiger partial charge is 0.417 e. The van der Waals surface area contributed by atoms with Gasteiger partial charge >= 0.3 is 79.9 Å². The molecule has 0 bridgehead atoms. The summed E-state index contributed by atoms with van der Waals surface area (Å²) in [5.74, 6) is -15.1. The number of carboxylic acids is 2. The molecular weight excluding hydrogens is 1950 g/mol. The maximum atomic E-state index is 13.5. The van der Waals surface area contributed by atoms with Gasteiger partial charge in [0.25, 0.3) is 5.91 Å². The highest BCUT2D eigenvalue weighted by atomic mass is 127. The number of nitrogens with two attached hydrogens (primary N) is 2. The van der Waals surface area contributed by atoms with E-state index in [1.807, 2.05) is 13.8 Å². The lowest BCUT2D eigenvalue weighted by molar-refractivity contribution is -0.156. The Bertz CT molecular complexity index is 4990. The van der Waals surface area contributed by atoms with E-state index in [0.717, 1.165) is 97.1 Å². The maximum Gasteiger partial charge on any atom is 0.417 e. The second-order valence-corrected chi connectivity index (χ2v) is 28.1. The van der Waals surface area contributed by atoms with Crippen LogP contribution in [0.15, 0.2) is 189 Å². The summed E-state index contributed by atoms with van der Waals surface area (Å²) in [6.07, 6.45) is -52.6. The summed E-state index contributed by atoms with van der Waals surface area (Å²) in [5, 5.41) is 19.2. The number of nitrogens with one attached hydrogen (secondary N) is 1. The second kappa shape index (κ2) is 47.5. The number of allylic oxidation sites excluding steroid dienone is 4. The average Bonchev–Trinajstić information content (AvgIpc) is 0.832. The number of carboxylic acid groups (broad SMARTS) is 2. The summed E-state index contributed by atoms with van der Waals surface area (Å²) in [4.78, 5) is 78.3. The fraction of sp³-hybridized carbons (Fsp3) is 0.296. The highest BCUT2D eigenvalue weighted by molar-refractivity contribution is 14.1. The summed E-state index contributed by atoms with van der Waals surface area (Å²) in [5.41, 5.74) is -4.83. The van der Waals surface area contributed by atoms with E-state index < -0.39 is 235 Å². The van der Waals surface area contributed by atoms with Crippen molar-refractivity contribution in [2.24, 2.45) is 11.5 Å². The molecule has 7 rings (SSSR count). The van der Waals surface area contributed by atoms with Crippen LogP contribution in [0.4, 0.5) is 145 Å². The van der Waals surface area contributed by atoms with E-state index in [-0.39, 0.29) is 17.2 Å². The van der Waals surface area contributed by atoms with Crippen molar-refractivity contribution in [3.8, 4) is 0 Å². The molecule has 0 radical (unpaired) electrons. The maximum absolute atomic E-state index is 13.5. The van der Waals surface area contributed by atoms with E-state index >= 15 is 0 Å². The van der Waals surface area contributed by atoms with Crippen LogP contribution in [0.25, 0.3) is 12.2 Å². The Labute approximate surface area is 721 Å². The van der Waals surface area contributed by atoms with Crippen LogP contribution in [-0.2, 0) is 62.4 Å². The van der Waals surface area contributed by atoms with Gasteiger partial charge in [0, 0.05) is 28.9 Å². The third-order valence-corrected chi connectivity index (χ3v) is 16.4. The zero-order valence-corrected chi connectivity index (χ0v) is 67.9. The second-order valence-electron chi connectivity index (χ2n) is 26.5. The Morgan fingerprint density at radius 2 is 0.641 bits per heavy atom. The van der Waals surface area contributed by atoms with Crippen molar-refractivity contribution in [3.05, 3.63) is 282 Å². The molecule has 128 heavy (non-hydrogen) atoms. The largest absolute Gasteiger partial charge is 0.478 e. The molecule has 0 aromatic heterocycles. The number of benzene rings is 7. The lowest BCUT2D eigenvalue weighted by Crippen LogP contribution is -2.31. The Hall–Kier alpha value is -10.8. The molecule has 4 atom stereocenters. The molecule has 0 saturated heterocycles. The number of carbonyl (C=O) groups excluding carboxylic acids is 5. The molecule has 0 spiro atoms. The quantitative estimate of drug-likeness (QED) is 0.0209. The van der Waals surface area contributed by atoms with Crippen LogP contribution in [-0.4, -0.2) is 87.4 Å². The molecule has 0 aliphatic heterocycles. The summed E-state index contributed by atoms with van der Waals surface area (Å²) >= 11 is 6.40. The van der Waals surface area contributed by atoms with Gasteiger partial charge < -0.3 is 27.0 Å². The molecule has 704 valence electrons. The van der Waals surface area contributed by atoms with E-state index in [9.17, 15) is 178 Å². The van der Waals surface area contributed by atoms with Crippen molar-refractivity contribution in [1.29, 1.82) is 0 Å². The van der Waals surface area contributed by atoms with E-state index in [0.29, 0.717) is 88.5 Å². The van der Waals surface area contributed by atoms with Crippen LogP contribution in [0.5, 0.6) is 0 Å². The fourth-order valence-electron chi connectivity index (χ4n) is 9.82. The topological polar surface area (TPSA) is 224 Å². The molecule has 0 aliphatic carbocycles.